The van der Waals surface area contributed by atoms with Crippen molar-refractivity contribution in [3.63, 3.8) is 0 Å². The highest BCUT2D eigenvalue weighted by atomic mass is 16.5. The highest BCUT2D eigenvalue weighted by Gasteiger charge is 2.18. The molecule has 0 spiro atoms. The zero-order chi connectivity index (χ0) is 8.23. The van der Waals surface area contributed by atoms with Gasteiger partial charge in [0.25, 0.3) is 0 Å². The number of rotatable bonds is 3. The molecule has 0 amide bonds. The van der Waals surface area contributed by atoms with E-state index in [1.165, 1.54) is 25.8 Å². The van der Waals surface area contributed by atoms with Gasteiger partial charge in [0.2, 0.25) is 0 Å². The summed E-state index contributed by atoms with van der Waals surface area (Å²) in [5, 5.41) is 6.88. The van der Waals surface area contributed by atoms with Gasteiger partial charge in [-0.2, -0.15) is 0 Å². The van der Waals surface area contributed by atoms with E-state index in [4.69, 9.17) is 4.74 Å². The molecule has 70 valence electrons. The molecule has 0 radical (unpaired) electrons. The van der Waals surface area contributed by atoms with Crippen molar-refractivity contribution in [2.75, 3.05) is 26.2 Å². The highest BCUT2D eigenvalue weighted by molar-refractivity contribution is 4.79. The Labute approximate surface area is 73.9 Å². The minimum Gasteiger partial charge on any atom is -0.377 e. The normalized spacial score (nSPS) is 36.0. The molecule has 3 heteroatoms. The van der Waals surface area contributed by atoms with E-state index in [1.807, 2.05) is 0 Å². The van der Waals surface area contributed by atoms with Crippen LogP contribution in [0.3, 0.4) is 0 Å². The maximum Gasteiger partial charge on any atom is 0.0700 e. The summed E-state index contributed by atoms with van der Waals surface area (Å²) in [7, 11) is 0. The second-order valence-corrected chi connectivity index (χ2v) is 3.73. The Balaban J connectivity index is 1.60. The summed E-state index contributed by atoms with van der Waals surface area (Å²) in [6.45, 7) is 4.32. The number of ether oxygens (including phenoxy) is 1. The Morgan fingerprint density at radius 3 is 3.08 bits per heavy atom. The summed E-state index contributed by atoms with van der Waals surface area (Å²) < 4.78 is 5.53. The Hall–Kier alpha value is -0.120. The summed E-state index contributed by atoms with van der Waals surface area (Å²) in [5.74, 6) is 0. The zero-order valence-corrected chi connectivity index (χ0v) is 7.51. The average molecular weight is 170 g/mol. The Morgan fingerprint density at radius 2 is 2.42 bits per heavy atom. The summed E-state index contributed by atoms with van der Waals surface area (Å²) in [6, 6.07) is 0.689. The predicted octanol–water partition coefficient (Wildman–Crippen LogP) is 0.117. The van der Waals surface area contributed by atoms with Gasteiger partial charge in [-0.1, -0.05) is 0 Å². The van der Waals surface area contributed by atoms with Crippen LogP contribution in [0.4, 0.5) is 0 Å². The van der Waals surface area contributed by atoms with Crippen molar-refractivity contribution < 1.29 is 4.74 Å². The third kappa shape index (κ3) is 2.19. The van der Waals surface area contributed by atoms with Gasteiger partial charge in [-0.05, 0) is 25.8 Å². The van der Waals surface area contributed by atoms with E-state index >= 15 is 0 Å². The van der Waals surface area contributed by atoms with Crippen molar-refractivity contribution in [3.05, 3.63) is 0 Å². The maximum atomic E-state index is 5.53. The van der Waals surface area contributed by atoms with Crippen LogP contribution in [0.2, 0.25) is 0 Å². The second-order valence-electron chi connectivity index (χ2n) is 3.73. The van der Waals surface area contributed by atoms with Crippen molar-refractivity contribution in [1.29, 1.82) is 0 Å². The molecule has 0 aromatic rings. The van der Waals surface area contributed by atoms with E-state index < -0.39 is 0 Å². The van der Waals surface area contributed by atoms with Crippen molar-refractivity contribution in [1.82, 2.24) is 10.6 Å². The lowest BCUT2D eigenvalue weighted by Gasteiger charge is -2.14. The zero-order valence-electron chi connectivity index (χ0n) is 7.51. The predicted molar refractivity (Wildman–Crippen MR) is 48.3 cm³/mol. The molecular weight excluding hydrogens is 152 g/mol. The lowest BCUT2D eigenvalue weighted by Crippen LogP contribution is -2.36. The average Bonchev–Trinajstić information content (AvgIpc) is 2.74. The van der Waals surface area contributed by atoms with E-state index in [1.54, 1.807) is 0 Å². The first kappa shape index (κ1) is 8.48. The first-order chi connectivity index (χ1) is 5.95. The van der Waals surface area contributed by atoms with Gasteiger partial charge in [-0.3, -0.25) is 0 Å². The van der Waals surface area contributed by atoms with Crippen LogP contribution < -0.4 is 10.6 Å². The molecule has 2 fully saturated rings. The van der Waals surface area contributed by atoms with Gasteiger partial charge in [-0.15, -0.1) is 0 Å². The van der Waals surface area contributed by atoms with Gasteiger partial charge in [0, 0.05) is 25.7 Å². The van der Waals surface area contributed by atoms with Gasteiger partial charge in [0.05, 0.1) is 6.10 Å². The molecule has 2 N–H and O–H groups in total. The third-order valence-electron chi connectivity index (χ3n) is 2.72. The summed E-state index contributed by atoms with van der Waals surface area (Å²) in [5.41, 5.74) is 0. The van der Waals surface area contributed by atoms with E-state index in [0.29, 0.717) is 12.1 Å². The first-order valence-corrected chi connectivity index (χ1v) is 5.01. The molecule has 0 unspecified atom stereocenters. The van der Waals surface area contributed by atoms with Crippen LogP contribution in [-0.4, -0.2) is 38.4 Å². The topological polar surface area (TPSA) is 33.3 Å². The molecule has 2 heterocycles. The fourth-order valence-corrected chi connectivity index (χ4v) is 1.93. The SMILES string of the molecule is C1CO[C@H](CN[C@H]2CCNC2)C1. The molecule has 2 rings (SSSR count). The molecule has 12 heavy (non-hydrogen) atoms. The molecule has 0 saturated carbocycles. The summed E-state index contributed by atoms with van der Waals surface area (Å²) in [6.07, 6.45) is 4.25. The first-order valence-electron chi connectivity index (χ1n) is 5.01. The molecule has 0 aliphatic carbocycles. The van der Waals surface area contributed by atoms with Crippen molar-refractivity contribution >= 4 is 0 Å². The van der Waals surface area contributed by atoms with E-state index in [2.05, 4.69) is 10.6 Å². The molecule has 2 aliphatic rings. The van der Waals surface area contributed by atoms with Crippen LogP contribution in [0, 0.1) is 0 Å². The monoisotopic (exact) mass is 170 g/mol. The Kier molecular flexibility index (Phi) is 2.98. The van der Waals surface area contributed by atoms with Crippen LogP contribution in [0.5, 0.6) is 0 Å². The van der Waals surface area contributed by atoms with Gasteiger partial charge in [0.1, 0.15) is 0 Å². The standard InChI is InChI=1S/C9H18N2O/c1-2-9(12-5-1)7-11-8-3-4-10-6-8/h8-11H,1-7H2/t8-,9-/m0/s1. The van der Waals surface area contributed by atoms with Gasteiger partial charge >= 0.3 is 0 Å². The minimum atomic E-state index is 0.491. The van der Waals surface area contributed by atoms with Gasteiger partial charge < -0.3 is 15.4 Å². The largest absolute Gasteiger partial charge is 0.377 e. The molecule has 2 saturated heterocycles. The van der Waals surface area contributed by atoms with Crippen LogP contribution in [0.1, 0.15) is 19.3 Å². The Morgan fingerprint density at radius 1 is 1.42 bits per heavy atom. The lowest BCUT2D eigenvalue weighted by atomic mass is 10.2. The molecule has 2 aliphatic heterocycles. The molecule has 2 atom stereocenters. The minimum absolute atomic E-state index is 0.491. The molecule has 0 aromatic carbocycles. The van der Waals surface area contributed by atoms with Crippen LogP contribution in [-0.2, 0) is 4.74 Å². The van der Waals surface area contributed by atoms with Gasteiger partial charge in [0.15, 0.2) is 0 Å². The van der Waals surface area contributed by atoms with Crippen LogP contribution in [0.15, 0.2) is 0 Å². The van der Waals surface area contributed by atoms with E-state index in [-0.39, 0.29) is 0 Å². The highest BCUT2D eigenvalue weighted by Crippen LogP contribution is 2.11. The number of hydrogen-bond acceptors (Lipinski definition) is 3. The molecule has 3 nitrogen and oxygen atoms in total. The maximum absolute atomic E-state index is 5.53. The van der Waals surface area contributed by atoms with Crippen molar-refractivity contribution in [2.45, 2.75) is 31.4 Å². The fraction of sp³-hybridized carbons (Fsp3) is 1.00. The number of hydrogen-bond donors (Lipinski definition) is 2. The summed E-state index contributed by atoms with van der Waals surface area (Å²) in [4.78, 5) is 0. The van der Waals surface area contributed by atoms with Crippen molar-refractivity contribution in [2.24, 2.45) is 0 Å². The lowest BCUT2D eigenvalue weighted by molar-refractivity contribution is 0.108. The van der Waals surface area contributed by atoms with Crippen molar-refractivity contribution in [3.8, 4) is 0 Å². The third-order valence-corrected chi connectivity index (χ3v) is 2.72. The summed E-state index contributed by atoms with van der Waals surface area (Å²) >= 11 is 0. The second kappa shape index (κ2) is 4.21. The van der Waals surface area contributed by atoms with Crippen LogP contribution in [0.25, 0.3) is 0 Å². The fourth-order valence-electron chi connectivity index (χ4n) is 1.93. The number of nitrogens with one attached hydrogen (secondary N) is 2. The van der Waals surface area contributed by atoms with E-state index in [9.17, 15) is 0 Å². The molecular formula is C9H18N2O. The van der Waals surface area contributed by atoms with E-state index in [0.717, 1.165) is 19.7 Å². The molecule has 0 aromatic heterocycles. The van der Waals surface area contributed by atoms with Gasteiger partial charge in [-0.25, -0.2) is 0 Å². The smallest absolute Gasteiger partial charge is 0.0700 e. The Bertz CT molecular complexity index is 112. The quantitative estimate of drug-likeness (QED) is 0.631. The van der Waals surface area contributed by atoms with Crippen LogP contribution >= 0.6 is 0 Å². The molecule has 0 bridgehead atoms.